The molecule has 2 N–H and O–H groups in total. The fourth-order valence-corrected chi connectivity index (χ4v) is 6.86. The molecule has 0 aliphatic carbocycles. The van der Waals surface area contributed by atoms with E-state index in [1.165, 1.54) is 4.90 Å². The molecule has 32 heavy (non-hydrogen) atoms. The van der Waals surface area contributed by atoms with Crippen molar-refractivity contribution in [1.29, 1.82) is 0 Å². The zero-order chi connectivity index (χ0) is 23.8. The van der Waals surface area contributed by atoms with Gasteiger partial charge in [0.25, 0.3) is 0 Å². The van der Waals surface area contributed by atoms with Crippen LogP contribution in [-0.2, 0) is 23.9 Å². The predicted molar refractivity (Wildman–Crippen MR) is 122 cm³/mol. The molecule has 8 atom stereocenters. The van der Waals surface area contributed by atoms with E-state index in [0.717, 1.165) is 12.8 Å². The van der Waals surface area contributed by atoms with Gasteiger partial charge < -0.3 is 24.8 Å². The van der Waals surface area contributed by atoms with Crippen molar-refractivity contribution in [2.45, 2.75) is 95.0 Å². The number of halogens is 1. The molecule has 0 aromatic heterocycles. The maximum atomic E-state index is 13.8. The van der Waals surface area contributed by atoms with Gasteiger partial charge >= 0.3 is 5.97 Å². The number of nitrogens with one attached hydrogen (secondary N) is 1. The molecule has 3 fully saturated rings. The van der Waals surface area contributed by atoms with E-state index in [2.05, 4.69) is 21.2 Å². The van der Waals surface area contributed by atoms with Gasteiger partial charge in [-0.15, -0.1) is 0 Å². The Labute approximate surface area is 198 Å². The molecule has 3 heterocycles. The highest BCUT2D eigenvalue weighted by atomic mass is 79.9. The summed E-state index contributed by atoms with van der Waals surface area (Å²) >= 11 is 3.63. The first-order valence-corrected chi connectivity index (χ1v) is 12.8. The number of rotatable bonds is 10. The Bertz CT molecular complexity index is 733. The highest BCUT2D eigenvalue weighted by Crippen LogP contribution is 2.60. The van der Waals surface area contributed by atoms with Crippen molar-refractivity contribution in [3.05, 3.63) is 0 Å². The highest BCUT2D eigenvalue weighted by molar-refractivity contribution is 9.09. The summed E-state index contributed by atoms with van der Waals surface area (Å²) in [5.41, 5.74) is -1.12. The van der Waals surface area contributed by atoms with Gasteiger partial charge in [0.05, 0.1) is 37.2 Å². The number of carbonyl (C=O) groups is 3. The molecule has 3 saturated heterocycles. The number of aliphatic hydroxyl groups excluding tert-OH is 1. The fraction of sp³-hybridized carbons (Fsp3) is 0.870. The molecule has 1 spiro atoms. The van der Waals surface area contributed by atoms with Gasteiger partial charge in [-0.25, -0.2) is 0 Å². The summed E-state index contributed by atoms with van der Waals surface area (Å²) in [4.78, 5) is 41.7. The Balaban J connectivity index is 2.05. The molecule has 2 amide bonds. The van der Waals surface area contributed by atoms with E-state index in [4.69, 9.17) is 9.47 Å². The number of likely N-dealkylation sites (tertiary alicyclic amines) is 1. The summed E-state index contributed by atoms with van der Waals surface area (Å²) in [5, 5.41) is 13.2. The van der Waals surface area contributed by atoms with Crippen molar-refractivity contribution in [1.82, 2.24) is 10.2 Å². The standard InChI is InChI=1S/C23H37BrN2O6/c1-6-8-13(5)25-20(28)19-23-10-15(24)18(32-23)16(22(30)31-7-2)17(23)21(29)26(19)14(11-27)9-12(3)4/h12-19,27H,6-11H2,1-5H3,(H,25,28)/t13?,14-,15?,16-,17+,18-,19?,23?/m1/s1. The minimum Gasteiger partial charge on any atom is -0.466 e. The number of carbonyl (C=O) groups excluding carboxylic acids is 3. The highest BCUT2D eigenvalue weighted by Gasteiger charge is 2.77. The Hall–Kier alpha value is -1.19. The normalized spacial score (nSPS) is 35.2. The number of aliphatic hydroxyl groups is 1. The first-order chi connectivity index (χ1) is 15.1. The lowest BCUT2D eigenvalue weighted by Gasteiger charge is -2.37. The molecular formula is C23H37BrN2O6. The molecule has 4 unspecified atom stereocenters. The van der Waals surface area contributed by atoms with Crippen LogP contribution in [0, 0.1) is 17.8 Å². The number of alkyl halides is 1. The quantitative estimate of drug-likeness (QED) is 0.340. The van der Waals surface area contributed by atoms with Crippen LogP contribution in [0.1, 0.15) is 60.3 Å². The number of fused-ring (bicyclic) bond motifs is 1. The van der Waals surface area contributed by atoms with Crippen LogP contribution in [0.15, 0.2) is 0 Å². The summed E-state index contributed by atoms with van der Waals surface area (Å²) in [6, 6.07) is -1.49. The molecule has 0 aromatic carbocycles. The number of hydrogen-bond donors (Lipinski definition) is 2. The average molecular weight is 517 g/mol. The van der Waals surface area contributed by atoms with Gasteiger partial charge in [-0.2, -0.15) is 0 Å². The van der Waals surface area contributed by atoms with Crippen LogP contribution in [0.25, 0.3) is 0 Å². The minimum atomic E-state index is -1.12. The van der Waals surface area contributed by atoms with E-state index in [1.54, 1.807) is 6.92 Å². The second kappa shape index (κ2) is 9.97. The molecule has 0 aromatic rings. The zero-order valence-electron chi connectivity index (χ0n) is 19.7. The lowest BCUT2D eigenvalue weighted by Crippen LogP contribution is -2.59. The summed E-state index contributed by atoms with van der Waals surface area (Å²) < 4.78 is 11.7. The first kappa shape index (κ1) is 25.4. The van der Waals surface area contributed by atoms with Crippen LogP contribution < -0.4 is 5.32 Å². The van der Waals surface area contributed by atoms with Crippen LogP contribution in [-0.4, -0.2) is 75.7 Å². The van der Waals surface area contributed by atoms with Crippen LogP contribution in [0.5, 0.6) is 0 Å². The van der Waals surface area contributed by atoms with E-state index in [-0.39, 0.29) is 41.8 Å². The topological polar surface area (TPSA) is 105 Å². The SMILES string of the molecule is CCCC(C)NC(=O)C1N([C@@H](CO)CC(C)C)C(=O)[C@@H]2[C@@H](C(=O)OCC)[C@@H]3OC12CC3Br. The average Bonchev–Trinajstić information content (AvgIpc) is 3.29. The third kappa shape index (κ3) is 4.20. The van der Waals surface area contributed by atoms with Crippen LogP contribution in [0.4, 0.5) is 0 Å². The largest absolute Gasteiger partial charge is 0.466 e. The van der Waals surface area contributed by atoms with Crippen molar-refractivity contribution in [3.8, 4) is 0 Å². The van der Waals surface area contributed by atoms with E-state index >= 15 is 0 Å². The van der Waals surface area contributed by atoms with Crippen molar-refractivity contribution in [2.75, 3.05) is 13.2 Å². The summed E-state index contributed by atoms with van der Waals surface area (Å²) in [6.45, 7) is 9.69. The molecule has 9 heteroatoms. The van der Waals surface area contributed by atoms with Gasteiger partial charge in [0, 0.05) is 10.9 Å². The molecule has 182 valence electrons. The Morgan fingerprint density at radius 2 is 2.03 bits per heavy atom. The Morgan fingerprint density at radius 1 is 1.34 bits per heavy atom. The zero-order valence-corrected chi connectivity index (χ0v) is 21.3. The first-order valence-electron chi connectivity index (χ1n) is 11.8. The van der Waals surface area contributed by atoms with Gasteiger partial charge in [0.2, 0.25) is 11.8 Å². The van der Waals surface area contributed by atoms with Crippen LogP contribution >= 0.6 is 15.9 Å². The molecule has 8 nitrogen and oxygen atoms in total. The number of amides is 2. The molecular weight excluding hydrogens is 480 g/mol. The van der Waals surface area contributed by atoms with Gasteiger partial charge in [-0.05, 0) is 39.0 Å². The molecule has 0 radical (unpaired) electrons. The molecule has 0 saturated carbocycles. The van der Waals surface area contributed by atoms with Crippen molar-refractivity contribution >= 4 is 33.7 Å². The summed E-state index contributed by atoms with van der Waals surface area (Å²) in [6.07, 6.45) is 2.20. The number of esters is 1. The molecule has 3 aliphatic heterocycles. The van der Waals surface area contributed by atoms with E-state index in [1.807, 2.05) is 27.7 Å². The smallest absolute Gasteiger partial charge is 0.312 e. The van der Waals surface area contributed by atoms with E-state index in [9.17, 15) is 19.5 Å². The van der Waals surface area contributed by atoms with Crippen molar-refractivity contribution in [3.63, 3.8) is 0 Å². The monoisotopic (exact) mass is 516 g/mol. The Morgan fingerprint density at radius 3 is 2.59 bits per heavy atom. The second-order valence-corrected chi connectivity index (χ2v) is 11.0. The third-order valence-corrected chi connectivity index (χ3v) is 7.84. The lowest BCUT2D eigenvalue weighted by atomic mass is 9.70. The van der Waals surface area contributed by atoms with Gasteiger partial charge in [0.1, 0.15) is 11.6 Å². The molecule has 3 rings (SSSR count). The summed E-state index contributed by atoms with van der Waals surface area (Å²) in [5.74, 6) is -2.40. The minimum absolute atomic E-state index is 0.0585. The van der Waals surface area contributed by atoms with Crippen LogP contribution in [0.3, 0.4) is 0 Å². The van der Waals surface area contributed by atoms with Gasteiger partial charge in [-0.3, -0.25) is 14.4 Å². The number of hydrogen-bond acceptors (Lipinski definition) is 6. The number of nitrogens with zero attached hydrogens (tertiary/aromatic N) is 1. The maximum absolute atomic E-state index is 13.8. The fourth-order valence-electron chi connectivity index (χ4n) is 5.92. The van der Waals surface area contributed by atoms with Crippen molar-refractivity contribution < 1.29 is 29.0 Å². The summed E-state index contributed by atoms with van der Waals surface area (Å²) in [7, 11) is 0. The van der Waals surface area contributed by atoms with E-state index in [0.29, 0.717) is 12.8 Å². The molecule has 3 aliphatic rings. The van der Waals surface area contributed by atoms with Gasteiger partial charge in [-0.1, -0.05) is 43.1 Å². The third-order valence-electron chi connectivity index (χ3n) is 6.99. The van der Waals surface area contributed by atoms with Crippen molar-refractivity contribution in [2.24, 2.45) is 17.8 Å². The maximum Gasteiger partial charge on any atom is 0.312 e. The number of ether oxygens (including phenoxy) is 2. The molecule has 2 bridgehead atoms. The van der Waals surface area contributed by atoms with Crippen LogP contribution in [0.2, 0.25) is 0 Å². The van der Waals surface area contributed by atoms with E-state index < -0.39 is 41.6 Å². The lowest BCUT2D eigenvalue weighted by molar-refractivity contribution is -0.155. The van der Waals surface area contributed by atoms with Gasteiger partial charge in [0.15, 0.2) is 0 Å². The predicted octanol–water partition coefficient (Wildman–Crippen LogP) is 2.01. The second-order valence-electron chi connectivity index (χ2n) is 9.83. The Kier molecular flexibility index (Phi) is 7.93.